The average Bonchev–Trinajstić information content (AvgIpc) is 2.91. The number of benzene rings is 2. The summed E-state index contributed by atoms with van der Waals surface area (Å²) < 4.78 is 42.3. The Morgan fingerprint density at radius 1 is 1.12 bits per heavy atom. The van der Waals surface area contributed by atoms with Crippen molar-refractivity contribution < 1.29 is 17.9 Å². The highest BCUT2D eigenvalue weighted by atomic mass is 19.3. The van der Waals surface area contributed by atoms with Crippen LogP contribution in [0.1, 0.15) is 17.0 Å². The lowest BCUT2D eigenvalue weighted by atomic mass is 9.95. The topological polar surface area (TPSA) is 38.5 Å². The molecular formula is C18H19F3N2O. The van der Waals surface area contributed by atoms with E-state index in [9.17, 15) is 13.2 Å². The van der Waals surface area contributed by atoms with E-state index in [1.807, 2.05) is 18.2 Å². The summed E-state index contributed by atoms with van der Waals surface area (Å²) in [6.07, 6.45) is 0. The van der Waals surface area contributed by atoms with Gasteiger partial charge < -0.3 is 10.5 Å². The van der Waals surface area contributed by atoms with Gasteiger partial charge in [-0.05, 0) is 23.3 Å². The number of alkyl halides is 2. The molecule has 0 bridgehead atoms. The van der Waals surface area contributed by atoms with Gasteiger partial charge >= 0.3 is 6.61 Å². The third-order valence-electron chi connectivity index (χ3n) is 4.29. The fourth-order valence-electron chi connectivity index (χ4n) is 3.19. The fraction of sp³-hybridized carbons (Fsp3) is 0.333. The number of rotatable bonds is 5. The first-order valence-corrected chi connectivity index (χ1v) is 7.79. The van der Waals surface area contributed by atoms with Crippen LogP contribution in [-0.4, -0.2) is 30.6 Å². The lowest BCUT2D eigenvalue weighted by Gasteiger charge is -2.16. The summed E-state index contributed by atoms with van der Waals surface area (Å²) in [4.78, 5) is 2.14. The Labute approximate surface area is 138 Å². The van der Waals surface area contributed by atoms with Crippen LogP contribution in [0.2, 0.25) is 0 Å². The molecule has 0 aliphatic carbocycles. The van der Waals surface area contributed by atoms with Crippen LogP contribution in [0.3, 0.4) is 0 Å². The zero-order valence-electron chi connectivity index (χ0n) is 13.0. The molecule has 2 N–H and O–H groups in total. The molecule has 1 aliphatic rings. The SMILES string of the molecule is N[C@@H]1CN(Cc2ccc(OC(F)F)c(F)c2)C[C@H]1c1ccccc1. The van der Waals surface area contributed by atoms with Crippen molar-refractivity contribution in [3.8, 4) is 5.75 Å². The van der Waals surface area contributed by atoms with E-state index in [-0.39, 0.29) is 12.0 Å². The molecule has 3 nitrogen and oxygen atoms in total. The molecule has 2 aromatic rings. The van der Waals surface area contributed by atoms with Crippen molar-refractivity contribution in [2.45, 2.75) is 25.1 Å². The number of likely N-dealkylation sites (tertiary alicyclic amines) is 1. The summed E-state index contributed by atoms with van der Waals surface area (Å²) in [6, 6.07) is 14.1. The van der Waals surface area contributed by atoms with Crippen molar-refractivity contribution in [3.05, 3.63) is 65.5 Å². The Kier molecular flexibility index (Phi) is 5.06. The molecule has 0 radical (unpaired) electrons. The Morgan fingerprint density at radius 2 is 1.88 bits per heavy atom. The zero-order chi connectivity index (χ0) is 17.1. The van der Waals surface area contributed by atoms with E-state index in [1.54, 1.807) is 6.07 Å². The summed E-state index contributed by atoms with van der Waals surface area (Å²) in [7, 11) is 0. The van der Waals surface area contributed by atoms with Crippen LogP contribution in [0.5, 0.6) is 5.75 Å². The molecule has 0 spiro atoms. The number of ether oxygens (including phenoxy) is 1. The summed E-state index contributed by atoms with van der Waals surface area (Å²) in [5.41, 5.74) is 8.14. The smallest absolute Gasteiger partial charge is 0.387 e. The Balaban J connectivity index is 1.66. The minimum Gasteiger partial charge on any atom is -0.432 e. The first-order chi connectivity index (χ1) is 11.5. The summed E-state index contributed by atoms with van der Waals surface area (Å²) in [5.74, 6) is -0.984. The van der Waals surface area contributed by atoms with Gasteiger partial charge in [-0.2, -0.15) is 8.78 Å². The van der Waals surface area contributed by atoms with Crippen LogP contribution in [-0.2, 0) is 6.54 Å². The van der Waals surface area contributed by atoms with Gasteiger partial charge in [0.25, 0.3) is 0 Å². The molecule has 1 saturated heterocycles. The summed E-state index contributed by atoms with van der Waals surface area (Å²) in [6.45, 7) is -1.03. The maximum absolute atomic E-state index is 13.8. The van der Waals surface area contributed by atoms with Crippen molar-refractivity contribution >= 4 is 0 Å². The quantitative estimate of drug-likeness (QED) is 0.910. The lowest BCUT2D eigenvalue weighted by molar-refractivity contribution is -0.0522. The van der Waals surface area contributed by atoms with Crippen molar-refractivity contribution in [1.29, 1.82) is 0 Å². The van der Waals surface area contributed by atoms with E-state index in [1.165, 1.54) is 17.7 Å². The Morgan fingerprint density at radius 3 is 2.54 bits per heavy atom. The molecule has 1 heterocycles. The van der Waals surface area contributed by atoms with Crippen LogP contribution >= 0.6 is 0 Å². The second kappa shape index (κ2) is 7.23. The van der Waals surface area contributed by atoms with Gasteiger partial charge in [0.15, 0.2) is 11.6 Å². The van der Waals surface area contributed by atoms with Crippen molar-refractivity contribution in [2.24, 2.45) is 5.73 Å². The number of hydrogen-bond donors (Lipinski definition) is 1. The van der Waals surface area contributed by atoms with Crippen molar-refractivity contribution in [3.63, 3.8) is 0 Å². The highest BCUT2D eigenvalue weighted by Gasteiger charge is 2.31. The molecule has 128 valence electrons. The van der Waals surface area contributed by atoms with E-state index in [0.717, 1.165) is 6.54 Å². The van der Waals surface area contributed by atoms with Gasteiger partial charge in [0, 0.05) is 31.6 Å². The molecule has 0 unspecified atom stereocenters. The van der Waals surface area contributed by atoms with Gasteiger partial charge in [-0.25, -0.2) is 4.39 Å². The van der Waals surface area contributed by atoms with E-state index in [2.05, 4.69) is 21.8 Å². The molecule has 0 saturated carbocycles. The Hall–Kier alpha value is -2.05. The molecule has 0 aromatic heterocycles. The van der Waals surface area contributed by atoms with E-state index in [4.69, 9.17) is 5.73 Å². The second-order valence-electron chi connectivity index (χ2n) is 6.02. The van der Waals surface area contributed by atoms with E-state index < -0.39 is 18.2 Å². The zero-order valence-corrected chi connectivity index (χ0v) is 13.0. The standard InChI is InChI=1S/C18H19F3N2O/c19-15-8-12(6-7-17(15)24-18(20)21)9-23-10-14(16(22)11-23)13-4-2-1-3-5-13/h1-8,14,16,18H,9-11,22H2/t14-,16+/m0/s1. The molecular weight excluding hydrogens is 317 g/mol. The fourth-order valence-corrected chi connectivity index (χ4v) is 3.19. The maximum Gasteiger partial charge on any atom is 0.387 e. The van der Waals surface area contributed by atoms with Crippen LogP contribution < -0.4 is 10.5 Å². The molecule has 3 rings (SSSR count). The normalized spacial score (nSPS) is 21.4. The number of nitrogens with two attached hydrogens (primary N) is 1. The summed E-state index contributed by atoms with van der Waals surface area (Å²) in [5, 5.41) is 0. The number of nitrogens with zero attached hydrogens (tertiary/aromatic N) is 1. The minimum absolute atomic E-state index is 0.0127. The molecule has 1 fully saturated rings. The van der Waals surface area contributed by atoms with Gasteiger partial charge in [0.05, 0.1) is 0 Å². The Bertz CT molecular complexity index is 681. The van der Waals surface area contributed by atoms with Gasteiger partial charge in [-0.1, -0.05) is 36.4 Å². The van der Waals surface area contributed by atoms with E-state index >= 15 is 0 Å². The average molecular weight is 336 g/mol. The second-order valence-corrected chi connectivity index (χ2v) is 6.02. The first kappa shape index (κ1) is 16.8. The molecule has 2 aromatic carbocycles. The monoisotopic (exact) mass is 336 g/mol. The van der Waals surface area contributed by atoms with E-state index in [0.29, 0.717) is 18.7 Å². The largest absolute Gasteiger partial charge is 0.432 e. The summed E-state index contributed by atoms with van der Waals surface area (Å²) >= 11 is 0. The highest BCUT2D eigenvalue weighted by molar-refractivity contribution is 5.30. The number of halogens is 3. The van der Waals surface area contributed by atoms with Crippen LogP contribution in [0.15, 0.2) is 48.5 Å². The molecule has 2 atom stereocenters. The van der Waals surface area contributed by atoms with Gasteiger partial charge in [0.1, 0.15) is 0 Å². The molecule has 1 aliphatic heterocycles. The van der Waals surface area contributed by atoms with Gasteiger partial charge in [-0.3, -0.25) is 4.90 Å². The van der Waals surface area contributed by atoms with Gasteiger partial charge in [-0.15, -0.1) is 0 Å². The highest BCUT2D eigenvalue weighted by Crippen LogP contribution is 2.28. The molecule has 6 heteroatoms. The number of hydrogen-bond acceptors (Lipinski definition) is 3. The van der Waals surface area contributed by atoms with Crippen LogP contribution in [0.25, 0.3) is 0 Å². The van der Waals surface area contributed by atoms with Crippen LogP contribution in [0, 0.1) is 5.82 Å². The predicted molar refractivity (Wildman–Crippen MR) is 85.5 cm³/mol. The minimum atomic E-state index is -3.03. The van der Waals surface area contributed by atoms with Crippen molar-refractivity contribution in [2.75, 3.05) is 13.1 Å². The van der Waals surface area contributed by atoms with Crippen LogP contribution in [0.4, 0.5) is 13.2 Å². The molecule has 0 amide bonds. The molecule has 24 heavy (non-hydrogen) atoms. The predicted octanol–water partition coefficient (Wildman–Crippen LogP) is 3.35. The third-order valence-corrected chi connectivity index (χ3v) is 4.29. The van der Waals surface area contributed by atoms with Gasteiger partial charge in [0.2, 0.25) is 0 Å². The lowest BCUT2D eigenvalue weighted by Crippen LogP contribution is -2.28. The third kappa shape index (κ3) is 3.88. The first-order valence-electron chi connectivity index (χ1n) is 7.79. The maximum atomic E-state index is 13.8. The van der Waals surface area contributed by atoms with Crippen molar-refractivity contribution in [1.82, 2.24) is 4.90 Å².